The number of benzene rings is 3. The zero-order chi connectivity index (χ0) is 21.1. The fraction of sp³-hybridized carbons (Fsp3) is 0.292. The average molecular weight is 423 g/mol. The van der Waals surface area contributed by atoms with Crippen LogP contribution in [0, 0.1) is 0 Å². The van der Waals surface area contributed by atoms with E-state index in [1.807, 2.05) is 48.5 Å². The molecular weight excluding hydrogens is 396 g/mol. The van der Waals surface area contributed by atoms with E-state index < -0.39 is 10.0 Å². The number of carbonyl (C=O) groups excluding carboxylic acids is 1. The third-order valence-electron chi connectivity index (χ3n) is 5.50. The van der Waals surface area contributed by atoms with Crippen LogP contribution in [0.3, 0.4) is 0 Å². The van der Waals surface area contributed by atoms with Crippen molar-refractivity contribution < 1.29 is 13.2 Å². The van der Waals surface area contributed by atoms with E-state index in [-0.39, 0.29) is 18.9 Å². The first kappa shape index (κ1) is 20.4. The second kappa shape index (κ2) is 8.48. The highest BCUT2D eigenvalue weighted by atomic mass is 32.2. The lowest BCUT2D eigenvalue weighted by Crippen LogP contribution is -2.28. The molecule has 3 aromatic rings. The highest BCUT2D eigenvalue weighted by molar-refractivity contribution is 7.93. The Bertz CT molecular complexity index is 1170. The van der Waals surface area contributed by atoms with Gasteiger partial charge in [0.2, 0.25) is 5.91 Å². The molecule has 0 spiro atoms. The summed E-state index contributed by atoms with van der Waals surface area (Å²) in [5, 5.41) is 4.59. The van der Waals surface area contributed by atoms with Crippen molar-refractivity contribution in [2.45, 2.75) is 43.9 Å². The van der Waals surface area contributed by atoms with Crippen LogP contribution < -0.4 is 9.62 Å². The van der Waals surface area contributed by atoms with E-state index in [9.17, 15) is 13.2 Å². The monoisotopic (exact) mass is 422 g/mol. The predicted molar refractivity (Wildman–Crippen MR) is 121 cm³/mol. The summed E-state index contributed by atoms with van der Waals surface area (Å²) in [5.41, 5.74) is 2.74. The van der Waals surface area contributed by atoms with Crippen molar-refractivity contribution >= 4 is 38.1 Å². The summed E-state index contributed by atoms with van der Waals surface area (Å²) >= 11 is 0. The number of aryl methyl sites for hydroxylation is 1. The minimum atomic E-state index is -3.57. The summed E-state index contributed by atoms with van der Waals surface area (Å²) in [5.74, 6) is -0.108. The molecule has 0 bridgehead atoms. The first-order valence-electron chi connectivity index (χ1n) is 10.4. The molecule has 1 heterocycles. The van der Waals surface area contributed by atoms with Gasteiger partial charge in [-0.1, -0.05) is 49.7 Å². The number of rotatable bonds is 8. The fourth-order valence-corrected chi connectivity index (χ4v) is 5.69. The molecule has 6 heteroatoms. The van der Waals surface area contributed by atoms with E-state index in [2.05, 4.69) is 12.2 Å². The van der Waals surface area contributed by atoms with E-state index in [1.54, 1.807) is 12.1 Å². The molecule has 0 fully saturated rings. The molecule has 0 radical (unpaired) electrons. The van der Waals surface area contributed by atoms with Gasteiger partial charge >= 0.3 is 0 Å². The van der Waals surface area contributed by atoms with Crippen molar-refractivity contribution in [2.75, 3.05) is 16.2 Å². The van der Waals surface area contributed by atoms with Crippen LogP contribution in [0.2, 0.25) is 0 Å². The maximum atomic E-state index is 13.0. The minimum Gasteiger partial charge on any atom is -0.326 e. The highest BCUT2D eigenvalue weighted by Crippen LogP contribution is 2.41. The van der Waals surface area contributed by atoms with Gasteiger partial charge < -0.3 is 5.32 Å². The summed E-state index contributed by atoms with van der Waals surface area (Å²) in [6.07, 6.45) is 4.07. The Morgan fingerprint density at radius 1 is 0.967 bits per heavy atom. The zero-order valence-corrected chi connectivity index (χ0v) is 17.9. The Morgan fingerprint density at radius 2 is 1.70 bits per heavy atom. The van der Waals surface area contributed by atoms with E-state index >= 15 is 0 Å². The molecule has 1 aliphatic heterocycles. The molecule has 0 unspecified atom stereocenters. The predicted octanol–water partition coefficient (Wildman–Crippen LogP) is 5.11. The van der Waals surface area contributed by atoms with Gasteiger partial charge in [-0.05, 0) is 54.5 Å². The van der Waals surface area contributed by atoms with Crippen LogP contribution in [-0.2, 0) is 21.2 Å². The number of nitrogens with zero attached hydrogens (tertiary/aromatic N) is 1. The Kier molecular flexibility index (Phi) is 5.77. The number of hydrogen-bond acceptors (Lipinski definition) is 3. The fourth-order valence-electron chi connectivity index (χ4n) is 3.94. The maximum absolute atomic E-state index is 13.0. The molecule has 0 atom stereocenters. The number of sulfonamides is 1. The summed E-state index contributed by atoms with van der Waals surface area (Å²) in [6, 6.07) is 18.9. The van der Waals surface area contributed by atoms with Gasteiger partial charge in [0, 0.05) is 24.0 Å². The van der Waals surface area contributed by atoms with Crippen LogP contribution in [0.1, 0.15) is 38.2 Å². The Hall–Kier alpha value is -2.86. The van der Waals surface area contributed by atoms with Gasteiger partial charge in [-0.25, -0.2) is 8.42 Å². The van der Waals surface area contributed by atoms with Crippen LogP contribution in [-0.4, -0.2) is 20.9 Å². The van der Waals surface area contributed by atoms with Crippen molar-refractivity contribution in [3.8, 4) is 0 Å². The van der Waals surface area contributed by atoms with Crippen LogP contribution in [0.15, 0.2) is 65.6 Å². The largest absolute Gasteiger partial charge is 0.326 e. The Labute approximate surface area is 177 Å². The quantitative estimate of drug-likeness (QED) is 0.548. The number of unbranched alkanes of at least 4 members (excludes halogenated alkanes) is 1. The molecule has 0 saturated carbocycles. The number of anilines is 2. The van der Waals surface area contributed by atoms with Gasteiger partial charge in [0.25, 0.3) is 10.0 Å². The Morgan fingerprint density at radius 3 is 2.43 bits per heavy atom. The Balaban J connectivity index is 1.37. The number of nitrogens with one attached hydrogen (secondary N) is 1. The van der Waals surface area contributed by atoms with Gasteiger partial charge in [-0.15, -0.1) is 0 Å². The smallest absolute Gasteiger partial charge is 0.265 e. The van der Waals surface area contributed by atoms with E-state index in [0.29, 0.717) is 17.0 Å². The molecule has 156 valence electrons. The maximum Gasteiger partial charge on any atom is 0.265 e. The zero-order valence-electron chi connectivity index (χ0n) is 17.1. The second-order valence-electron chi connectivity index (χ2n) is 7.66. The van der Waals surface area contributed by atoms with E-state index in [0.717, 1.165) is 35.7 Å². The summed E-state index contributed by atoms with van der Waals surface area (Å²) in [7, 11) is -3.57. The van der Waals surface area contributed by atoms with E-state index in [1.165, 1.54) is 9.87 Å². The molecule has 30 heavy (non-hydrogen) atoms. The van der Waals surface area contributed by atoms with Crippen LogP contribution in [0.5, 0.6) is 0 Å². The first-order chi connectivity index (χ1) is 14.5. The van der Waals surface area contributed by atoms with Crippen LogP contribution >= 0.6 is 0 Å². The van der Waals surface area contributed by atoms with Gasteiger partial charge in [0.15, 0.2) is 0 Å². The van der Waals surface area contributed by atoms with Crippen LogP contribution in [0.4, 0.5) is 11.4 Å². The second-order valence-corrected chi connectivity index (χ2v) is 9.49. The molecule has 0 aromatic heterocycles. The van der Waals surface area contributed by atoms with Crippen molar-refractivity contribution in [2.24, 2.45) is 0 Å². The van der Waals surface area contributed by atoms with Crippen molar-refractivity contribution in [3.63, 3.8) is 0 Å². The minimum absolute atomic E-state index is 0.108. The third kappa shape index (κ3) is 3.92. The third-order valence-corrected chi connectivity index (χ3v) is 7.36. The lowest BCUT2D eigenvalue weighted by atomic mass is 10.1. The summed E-state index contributed by atoms with van der Waals surface area (Å²) in [6.45, 7) is 2.45. The molecule has 1 aliphatic rings. The molecule has 1 N–H and O–H groups in total. The molecular formula is C24H26N2O3S. The molecule has 5 nitrogen and oxygen atoms in total. The van der Waals surface area contributed by atoms with Crippen molar-refractivity contribution in [3.05, 3.63) is 66.2 Å². The summed E-state index contributed by atoms with van der Waals surface area (Å²) < 4.78 is 27.4. The SMILES string of the molecule is CCCCc1ccc(NC(=O)CCCN2c3cccc4cccc(c34)S2(=O)=O)cc1. The molecule has 0 saturated heterocycles. The van der Waals surface area contributed by atoms with Crippen LogP contribution in [0.25, 0.3) is 10.8 Å². The normalized spacial score (nSPS) is 14.2. The van der Waals surface area contributed by atoms with Gasteiger partial charge in [-0.2, -0.15) is 0 Å². The van der Waals surface area contributed by atoms with Gasteiger partial charge in [-0.3, -0.25) is 9.10 Å². The van der Waals surface area contributed by atoms with Gasteiger partial charge in [0.05, 0.1) is 10.6 Å². The molecule has 1 amide bonds. The number of amides is 1. The lowest BCUT2D eigenvalue weighted by molar-refractivity contribution is -0.116. The number of carbonyl (C=O) groups is 1. The molecule has 4 rings (SSSR count). The number of hydrogen-bond donors (Lipinski definition) is 1. The standard InChI is InChI=1S/C24H26N2O3S/c1-2-3-7-18-13-15-20(16-14-18)25-23(27)12-6-17-26-21-10-4-8-19-9-5-11-22(24(19)21)30(26,28)29/h4-5,8-11,13-16H,2-3,6-7,12,17H2,1H3,(H,25,27). The molecule has 3 aromatic carbocycles. The molecule has 0 aliphatic carbocycles. The average Bonchev–Trinajstić information content (AvgIpc) is 2.96. The first-order valence-corrected chi connectivity index (χ1v) is 11.9. The van der Waals surface area contributed by atoms with Gasteiger partial charge in [0.1, 0.15) is 0 Å². The van der Waals surface area contributed by atoms with Crippen molar-refractivity contribution in [1.29, 1.82) is 0 Å². The lowest BCUT2D eigenvalue weighted by Gasteiger charge is -2.18. The summed E-state index contributed by atoms with van der Waals surface area (Å²) in [4.78, 5) is 12.7. The van der Waals surface area contributed by atoms with E-state index in [4.69, 9.17) is 0 Å². The van der Waals surface area contributed by atoms with Crippen molar-refractivity contribution in [1.82, 2.24) is 0 Å². The topological polar surface area (TPSA) is 66.5 Å². The highest BCUT2D eigenvalue weighted by Gasteiger charge is 2.34.